The third kappa shape index (κ3) is 3.90. The molecule has 3 aromatic carbocycles. The van der Waals surface area contributed by atoms with Crippen molar-refractivity contribution in [2.24, 2.45) is 10.9 Å². The van der Waals surface area contributed by atoms with Crippen LogP contribution >= 0.6 is 0 Å². The van der Waals surface area contributed by atoms with Gasteiger partial charge in [0.1, 0.15) is 5.92 Å². The van der Waals surface area contributed by atoms with Crippen molar-refractivity contribution in [2.45, 2.75) is 17.9 Å². The number of hydrogen-bond acceptors (Lipinski definition) is 6. The van der Waals surface area contributed by atoms with Gasteiger partial charge in [0.15, 0.2) is 6.10 Å². The van der Waals surface area contributed by atoms with E-state index >= 15 is 0 Å². The molecule has 7 heteroatoms. The van der Waals surface area contributed by atoms with E-state index in [2.05, 4.69) is 16.9 Å². The molecule has 1 fully saturated rings. The minimum absolute atomic E-state index is 0.122. The molecule has 2 unspecified atom stereocenters. The quantitative estimate of drug-likeness (QED) is 0.301. The van der Waals surface area contributed by atoms with Crippen LogP contribution in [0.5, 0.6) is 0 Å². The molecule has 2 N–H and O–H groups in total. The number of hydrogen-bond donors (Lipinski definition) is 2. The van der Waals surface area contributed by atoms with Crippen LogP contribution in [0.4, 0.5) is 0 Å². The number of carbonyl (C=O) groups excluding carboxylic acids is 2. The number of β-lactam (4-membered cyclic amide) rings is 1. The Balaban J connectivity index is 1.53. The Kier molecular flexibility index (Phi) is 5.93. The third-order valence-electron chi connectivity index (χ3n) is 6.29. The van der Waals surface area contributed by atoms with Gasteiger partial charge in [0.05, 0.1) is 6.61 Å². The van der Waals surface area contributed by atoms with Gasteiger partial charge < -0.3 is 19.9 Å². The van der Waals surface area contributed by atoms with Crippen LogP contribution in [0.15, 0.2) is 108 Å². The molecule has 3 atom stereocenters. The lowest BCUT2D eigenvalue weighted by Gasteiger charge is -2.44. The van der Waals surface area contributed by atoms with E-state index in [0.29, 0.717) is 5.56 Å². The van der Waals surface area contributed by atoms with Crippen molar-refractivity contribution < 1.29 is 24.2 Å². The molecule has 2 aliphatic rings. The highest BCUT2D eigenvalue weighted by molar-refractivity contribution is 6.07. The van der Waals surface area contributed by atoms with E-state index in [4.69, 9.17) is 9.47 Å². The van der Waals surface area contributed by atoms with Crippen LogP contribution in [0.3, 0.4) is 0 Å². The molecule has 0 saturated carbocycles. The number of nitrogens with zero attached hydrogens (tertiary/aromatic N) is 1. The van der Waals surface area contributed by atoms with Gasteiger partial charge in [0.25, 0.3) is 5.91 Å². The summed E-state index contributed by atoms with van der Waals surface area (Å²) >= 11 is 0. The molecule has 0 bridgehead atoms. The Bertz CT molecular complexity index is 1240. The second kappa shape index (κ2) is 9.19. The fourth-order valence-corrected chi connectivity index (χ4v) is 4.50. The smallest absolute Gasteiger partial charge is 0.317 e. The van der Waals surface area contributed by atoms with Gasteiger partial charge in [-0.1, -0.05) is 85.4 Å². The summed E-state index contributed by atoms with van der Waals surface area (Å²) in [6.07, 6.45) is -1.60. The number of esters is 1. The fraction of sp³-hybridized carbons (Fsp3) is 0.179. The summed E-state index contributed by atoms with van der Waals surface area (Å²) < 4.78 is 11.9. The van der Waals surface area contributed by atoms with Crippen molar-refractivity contribution >= 4 is 17.8 Å². The van der Waals surface area contributed by atoms with Crippen molar-refractivity contribution in [2.75, 3.05) is 6.61 Å². The first-order chi connectivity index (χ1) is 17.0. The number of aliphatic imine (C=N–C) groups is 1. The topological polar surface area (TPSA) is 97.2 Å². The molecular weight excluding hydrogens is 444 g/mol. The first kappa shape index (κ1) is 22.6. The summed E-state index contributed by atoms with van der Waals surface area (Å²) in [6.45, 7) is 3.37. The van der Waals surface area contributed by atoms with E-state index in [0.717, 1.165) is 11.1 Å². The summed E-state index contributed by atoms with van der Waals surface area (Å²) in [5, 5.41) is 12.6. The van der Waals surface area contributed by atoms with Crippen molar-refractivity contribution in [1.82, 2.24) is 5.32 Å². The van der Waals surface area contributed by atoms with Gasteiger partial charge in [-0.05, 0) is 28.8 Å². The maximum Gasteiger partial charge on any atom is 0.317 e. The van der Waals surface area contributed by atoms with Gasteiger partial charge in [-0.2, -0.15) is 0 Å². The SMILES string of the molecule is C=C(CO)[C@@H](C(=O)OC(c1ccccc1)c1ccccc1)C12N=C(c3ccccc3)OC1NC2=O. The van der Waals surface area contributed by atoms with E-state index in [1.165, 1.54) is 0 Å². The second-order valence-corrected chi connectivity index (χ2v) is 8.47. The zero-order chi connectivity index (χ0) is 24.4. The van der Waals surface area contributed by atoms with Crippen LogP contribution in [0, 0.1) is 5.92 Å². The zero-order valence-electron chi connectivity index (χ0n) is 18.8. The van der Waals surface area contributed by atoms with Crippen molar-refractivity contribution in [3.8, 4) is 0 Å². The molecule has 2 aliphatic heterocycles. The van der Waals surface area contributed by atoms with E-state index in [1.54, 1.807) is 12.1 Å². The lowest BCUT2D eigenvalue weighted by atomic mass is 9.73. The van der Waals surface area contributed by atoms with E-state index < -0.39 is 42.3 Å². The number of aliphatic hydroxyl groups is 1. The van der Waals surface area contributed by atoms with Crippen LogP contribution < -0.4 is 5.32 Å². The number of nitrogens with one attached hydrogen (secondary N) is 1. The standard InChI is InChI=1S/C28H24N2O5/c1-18(17-31)22(28-26(33)29-27(28)35-24(30-28)21-15-9-4-10-16-21)25(32)34-23(19-11-5-2-6-12-19)20-13-7-3-8-14-20/h2-16,22-23,27,31H,1,17H2,(H,29,33)/t22-,27?,28?/m0/s1. The summed E-state index contributed by atoms with van der Waals surface area (Å²) in [6, 6.07) is 27.8. The van der Waals surface area contributed by atoms with Crippen LogP contribution in [0.1, 0.15) is 22.8 Å². The van der Waals surface area contributed by atoms with Gasteiger partial charge in [-0.25, -0.2) is 4.99 Å². The second-order valence-electron chi connectivity index (χ2n) is 8.47. The summed E-state index contributed by atoms with van der Waals surface area (Å²) in [4.78, 5) is 31.3. The highest BCUT2D eigenvalue weighted by Gasteiger charge is 2.68. The molecule has 0 aliphatic carbocycles. The highest BCUT2D eigenvalue weighted by atomic mass is 16.5. The van der Waals surface area contributed by atoms with Crippen LogP contribution in [-0.2, 0) is 19.1 Å². The Labute approximate surface area is 202 Å². The average Bonchev–Trinajstić information content (AvgIpc) is 3.21. The molecule has 1 saturated heterocycles. The number of benzene rings is 3. The first-order valence-corrected chi connectivity index (χ1v) is 11.3. The van der Waals surface area contributed by atoms with Crippen LogP contribution in [0.25, 0.3) is 0 Å². The third-order valence-corrected chi connectivity index (χ3v) is 6.29. The van der Waals surface area contributed by atoms with Crippen molar-refractivity contribution in [3.05, 3.63) is 120 Å². The summed E-state index contributed by atoms with van der Waals surface area (Å²) in [5.41, 5.74) is 0.716. The minimum Gasteiger partial charge on any atom is -0.452 e. The van der Waals surface area contributed by atoms with Gasteiger partial charge in [-0.15, -0.1) is 0 Å². The lowest BCUT2D eigenvalue weighted by molar-refractivity contribution is -0.166. The molecule has 35 heavy (non-hydrogen) atoms. The molecule has 1 amide bonds. The monoisotopic (exact) mass is 468 g/mol. The Morgan fingerprint density at radius 2 is 1.54 bits per heavy atom. The molecule has 2 heterocycles. The van der Waals surface area contributed by atoms with Gasteiger partial charge in [0.2, 0.25) is 17.7 Å². The van der Waals surface area contributed by atoms with Crippen LogP contribution in [-0.4, -0.2) is 41.3 Å². The van der Waals surface area contributed by atoms with Crippen molar-refractivity contribution in [3.63, 3.8) is 0 Å². The molecular formula is C28H24N2O5. The van der Waals surface area contributed by atoms with Crippen molar-refractivity contribution in [1.29, 1.82) is 0 Å². The molecule has 5 rings (SSSR count). The average molecular weight is 469 g/mol. The Morgan fingerprint density at radius 1 is 1.00 bits per heavy atom. The number of aliphatic hydroxyl groups excluding tert-OH is 1. The normalized spacial score (nSPS) is 21.1. The number of carbonyl (C=O) groups is 2. The summed E-state index contributed by atoms with van der Waals surface area (Å²) in [5.74, 6) is -2.22. The zero-order valence-corrected chi connectivity index (χ0v) is 18.8. The molecule has 176 valence electrons. The van der Waals surface area contributed by atoms with Gasteiger partial charge in [0, 0.05) is 5.56 Å². The minimum atomic E-state index is -1.61. The Hall–Kier alpha value is -4.23. The predicted octanol–water partition coefficient (Wildman–Crippen LogP) is 3.16. The summed E-state index contributed by atoms with van der Waals surface area (Å²) in [7, 11) is 0. The number of ether oxygens (including phenoxy) is 2. The first-order valence-electron chi connectivity index (χ1n) is 11.3. The number of amides is 1. The van der Waals surface area contributed by atoms with E-state index in [-0.39, 0.29) is 11.5 Å². The largest absolute Gasteiger partial charge is 0.452 e. The molecule has 0 spiro atoms. The number of fused-ring (bicyclic) bond motifs is 1. The molecule has 3 aromatic rings. The predicted molar refractivity (Wildman–Crippen MR) is 129 cm³/mol. The Morgan fingerprint density at radius 3 is 2.06 bits per heavy atom. The molecule has 7 nitrogen and oxygen atoms in total. The van der Waals surface area contributed by atoms with Gasteiger partial charge >= 0.3 is 5.97 Å². The molecule has 0 aromatic heterocycles. The highest BCUT2D eigenvalue weighted by Crippen LogP contribution is 2.44. The lowest BCUT2D eigenvalue weighted by Crippen LogP contribution is -2.74. The number of rotatable bonds is 8. The van der Waals surface area contributed by atoms with E-state index in [9.17, 15) is 14.7 Å². The van der Waals surface area contributed by atoms with Gasteiger partial charge in [-0.3, -0.25) is 9.59 Å². The molecule has 0 radical (unpaired) electrons. The fourth-order valence-electron chi connectivity index (χ4n) is 4.50. The maximum absolute atomic E-state index is 13.8. The van der Waals surface area contributed by atoms with Crippen LogP contribution in [0.2, 0.25) is 0 Å². The van der Waals surface area contributed by atoms with E-state index in [1.807, 2.05) is 78.9 Å². The maximum atomic E-state index is 13.8.